The predicted molar refractivity (Wildman–Crippen MR) is 76.9 cm³/mol. The van der Waals surface area contributed by atoms with Gasteiger partial charge in [-0.2, -0.15) is 0 Å². The Hall–Kier alpha value is -1.65. The van der Waals surface area contributed by atoms with Crippen molar-refractivity contribution in [2.24, 2.45) is 0 Å². The van der Waals surface area contributed by atoms with Crippen molar-refractivity contribution in [3.05, 3.63) is 62.1 Å². The van der Waals surface area contributed by atoms with E-state index in [-0.39, 0.29) is 17.1 Å². The number of halogens is 2. The maximum absolute atomic E-state index is 12.4. The molecule has 2 aromatic carbocycles. The van der Waals surface area contributed by atoms with Gasteiger partial charge in [-0.3, -0.25) is 9.59 Å². The van der Waals surface area contributed by atoms with Crippen LogP contribution in [0.25, 0.3) is 0 Å². The maximum atomic E-state index is 12.4. The van der Waals surface area contributed by atoms with Crippen LogP contribution in [0.3, 0.4) is 0 Å². The molecule has 0 amide bonds. The number of anilines is 1. The summed E-state index contributed by atoms with van der Waals surface area (Å²) >= 11 is 9.24. The van der Waals surface area contributed by atoms with Crippen LogP contribution < -0.4 is 5.73 Å². The van der Waals surface area contributed by atoms with Gasteiger partial charge in [-0.25, -0.2) is 0 Å². The third-order valence-corrected chi connectivity index (χ3v) is 4.32. The minimum Gasteiger partial charge on any atom is -0.398 e. The highest BCUT2D eigenvalue weighted by Gasteiger charge is 2.31. The highest BCUT2D eigenvalue weighted by Crippen LogP contribution is 2.35. The van der Waals surface area contributed by atoms with Crippen molar-refractivity contribution in [2.45, 2.75) is 0 Å². The molecule has 0 unspecified atom stereocenters. The molecule has 2 N–H and O–H groups in total. The van der Waals surface area contributed by atoms with Crippen molar-refractivity contribution in [1.82, 2.24) is 0 Å². The van der Waals surface area contributed by atoms with Crippen molar-refractivity contribution in [2.75, 3.05) is 5.73 Å². The molecule has 19 heavy (non-hydrogen) atoms. The van der Waals surface area contributed by atoms with Crippen LogP contribution >= 0.6 is 27.5 Å². The minimum atomic E-state index is -0.250. The minimum absolute atomic E-state index is 0.230. The molecule has 5 heteroatoms. The first-order valence-corrected chi connectivity index (χ1v) is 6.64. The van der Waals surface area contributed by atoms with Gasteiger partial charge in [0.1, 0.15) is 0 Å². The van der Waals surface area contributed by atoms with Gasteiger partial charge >= 0.3 is 0 Å². The van der Waals surface area contributed by atoms with Gasteiger partial charge < -0.3 is 5.73 Å². The summed E-state index contributed by atoms with van der Waals surface area (Å²) in [6.45, 7) is 0. The molecule has 3 rings (SSSR count). The van der Waals surface area contributed by atoms with E-state index < -0.39 is 0 Å². The number of nitrogens with two attached hydrogens (primary N) is 1. The Morgan fingerprint density at radius 3 is 2.42 bits per heavy atom. The van der Waals surface area contributed by atoms with Gasteiger partial charge in [-0.15, -0.1) is 0 Å². The normalized spacial score (nSPS) is 13.2. The van der Waals surface area contributed by atoms with Gasteiger partial charge in [0.2, 0.25) is 0 Å². The van der Waals surface area contributed by atoms with Crippen LogP contribution in [-0.4, -0.2) is 11.6 Å². The average molecular weight is 337 g/mol. The molecule has 1 aliphatic carbocycles. The first-order chi connectivity index (χ1) is 9.00. The van der Waals surface area contributed by atoms with Crippen molar-refractivity contribution >= 4 is 44.8 Å². The largest absolute Gasteiger partial charge is 0.398 e. The molecule has 2 aromatic rings. The number of carbonyl (C=O) groups is 2. The molecule has 0 saturated heterocycles. The van der Waals surface area contributed by atoms with Crippen LogP contribution in [0.15, 0.2) is 34.8 Å². The SMILES string of the molecule is Nc1cccc2c1C(=O)c1cc(Br)c(Cl)cc1C2=O. The van der Waals surface area contributed by atoms with E-state index in [4.69, 9.17) is 17.3 Å². The Labute approximate surface area is 122 Å². The van der Waals surface area contributed by atoms with E-state index >= 15 is 0 Å². The van der Waals surface area contributed by atoms with E-state index in [2.05, 4.69) is 15.9 Å². The number of benzene rings is 2. The summed E-state index contributed by atoms with van der Waals surface area (Å²) in [6.07, 6.45) is 0. The quantitative estimate of drug-likeness (QED) is 0.640. The van der Waals surface area contributed by atoms with E-state index in [1.165, 1.54) is 6.07 Å². The molecule has 94 valence electrons. The van der Waals surface area contributed by atoms with Crippen molar-refractivity contribution in [1.29, 1.82) is 0 Å². The third kappa shape index (κ3) is 1.71. The number of rotatable bonds is 0. The summed E-state index contributed by atoms with van der Waals surface area (Å²) < 4.78 is 0.576. The zero-order valence-corrected chi connectivity index (χ0v) is 11.9. The molecule has 0 fully saturated rings. The van der Waals surface area contributed by atoms with E-state index in [0.29, 0.717) is 31.9 Å². The zero-order valence-electron chi connectivity index (χ0n) is 9.54. The average Bonchev–Trinajstić information content (AvgIpc) is 2.38. The monoisotopic (exact) mass is 335 g/mol. The fourth-order valence-electron chi connectivity index (χ4n) is 2.22. The van der Waals surface area contributed by atoms with E-state index in [0.717, 1.165) is 0 Å². The summed E-state index contributed by atoms with van der Waals surface area (Å²) in [6, 6.07) is 7.94. The number of nitrogen functional groups attached to an aromatic ring is 1. The summed E-state index contributed by atoms with van der Waals surface area (Å²) in [4.78, 5) is 24.8. The van der Waals surface area contributed by atoms with Crippen LogP contribution in [0, 0.1) is 0 Å². The topological polar surface area (TPSA) is 60.2 Å². The molecular weight excluding hydrogens is 330 g/mol. The van der Waals surface area contributed by atoms with Gasteiger partial charge in [-0.05, 0) is 34.1 Å². The number of hydrogen-bond donors (Lipinski definition) is 1. The van der Waals surface area contributed by atoms with Crippen molar-refractivity contribution in [3.8, 4) is 0 Å². The first kappa shape index (κ1) is 12.4. The van der Waals surface area contributed by atoms with Gasteiger partial charge in [0.25, 0.3) is 0 Å². The lowest BCUT2D eigenvalue weighted by Gasteiger charge is -2.19. The molecule has 0 bridgehead atoms. The molecule has 0 radical (unpaired) electrons. The molecule has 1 aliphatic rings. The van der Waals surface area contributed by atoms with E-state index in [1.54, 1.807) is 24.3 Å². The van der Waals surface area contributed by atoms with Crippen LogP contribution in [0.4, 0.5) is 5.69 Å². The fourth-order valence-corrected chi connectivity index (χ4v) is 2.72. The standard InChI is InChI=1S/C14H7BrClNO2/c15-9-4-7-8(5-10(9)16)13(18)6-2-1-3-11(17)12(6)14(7)19/h1-5H,17H2. The fraction of sp³-hybridized carbons (Fsp3) is 0. The number of carbonyl (C=O) groups excluding carboxylic acids is 2. The van der Waals surface area contributed by atoms with Crippen LogP contribution in [0.1, 0.15) is 31.8 Å². The Kier molecular flexibility index (Phi) is 2.73. The molecule has 0 heterocycles. The highest BCUT2D eigenvalue weighted by atomic mass is 79.9. The molecule has 0 spiro atoms. The third-order valence-electron chi connectivity index (χ3n) is 3.12. The second-order valence-corrected chi connectivity index (χ2v) is 5.50. The van der Waals surface area contributed by atoms with Gasteiger partial charge in [0.15, 0.2) is 11.6 Å². The summed E-state index contributed by atoms with van der Waals surface area (Å²) in [5.41, 5.74) is 7.36. The second kappa shape index (κ2) is 4.18. The van der Waals surface area contributed by atoms with Crippen molar-refractivity contribution < 1.29 is 9.59 Å². The van der Waals surface area contributed by atoms with Crippen LogP contribution in [-0.2, 0) is 0 Å². The van der Waals surface area contributed by atoms with E-state index in [9.17, 15) is 9.59 Å². The van der Waals surface area contributed by atoms with Crippen LogP contribution in [0.5, 0.6) is 0 Å². The Morgan fingerprint density at radius 2 is 1.68 bits per heavy atom. The first-order valence-electron chi connectivity index (χ1n) is 5.47. The molecule has 0 aromatic heterocycles. The number of ketones is 2. The Morgan fingerprint density at radius 1 is 1.00 bits per heavy atom. The van der Waals surface area contributed by atoms with Crippen LogP contribution in [0.2, 0.25) is 5.02 Å². The zero-order chi connectivity index (χ0) is 13.7. The molecule has 0 saturated carbocycles. The lowest BCUT2D eigenvalue weighted by Crippen LogP contribution is -2.22. The molecule has 3 nitrogen and oxygen atoms in total. The smallest absolute Gasteiger partial charge is 0.196 e. The Balaban J connectivity index is 2.36. The van der Waals surface area contributed by atoms with Gasteiger partial charge in [-0.1, -0.05) is 23.7 Å². The maximum Gasteiger partial charge on any atom is 0.196 e. The van der Waals surface area contributed by atoms with E-state index in [1.807, 2.05) is 0 Å². The van der Waals surface area contributed by atoms with Gasteiger partial charge in [0.05, 0.1) is 10.6 Å². The van der Waals surface area contributed by atoms with Gasteiger partial charge in [0, 0.05) is 26.9 Å². The lowest BCUT2D eigenvalue weighted by atomic mass is 9.83. The number of fused-ring (bicyclic) bond motifs is 2. The highest BCUT2D eigenvalue weighted by molar-refractivity contribution is 9.10. The summed E-state index contributed by atoms with van der Waals surface area (Å²) in [5.74, 6) is -0.480. The summed E-state index contributed by atoms with van der Waals surface area (Å²) in [7, 11) is 0. The van der Waals surface area contributed by atoms with Crippen molar-refractivity contribution in [3.63, 3.8) is 0 Å². The molecule has 0 atom stereocenters. The second-order valence-electron chi connectivity index (χ2n) is 4.24. The Bertz CT molecular complexity index is 755. The lowest BCUT2D eigenvalue weighted by molar-refractivity contribution is 0.0979. The molecule has 0 aliphatic heterocycles. The number of hydrogen-bond acceptors (Lipinski definition) is 3. The molecular formula is C14H7BrClNO2. The summed E-state index contributed by atoms with van der Waals surface area (Å²) in [5, 5.41) is 0.396. The predicted octanol–water partition coefficient (Wildman–Crippen LogP) is 3.46.